The number of rotatable bonds is 1. The fourth-order valence-electron chi connectivity index (χ4n) is 4.61. The van der Waals surface area contributed by atoms with Gasteiger partial charge >= 0.3 is 0 Å². The number of hydrogen-bond donors (Lipinski definition) is 0. The molecular formula is C21H20ClN5. The number of anilines is 1. The van der Waals surface area contributed by atoms with Crippen LogP contribution in [0.15, 0.2) is 24.3 Å². The molecule has 0 unspecified atom stereocenters. The molecule has 1 fully saturated rings. The topological polar surface area (TPSA) is 68.1 Å². The van der Waals surface area contributed by atoms with Gasteiger partial charge in [0, 0.05) is 19.0 Å². The van der Waals surface area contributed by atoms with Crippen molar-refractivity contribution in [3.8, 4) is 12.1 Å². The zero-order valence-electron chi connectivity index (χ0n) is 15.0. The van der Waals surface area contributed by atoms with Crippen molar-refractivity contribution in [3.05, 3.63) is 41.0 Å². The Morgan fingerprint density at radius 3 is 2.52 bits per heavy atom. The number of halogens is 1. The number of imidazole rings is 1. The standard InChI is InChI=1S/C21H19N5.ClH/c22-12-14-8-10-25(11-9-14)21-16-5-3-4-15(16)17(13-23)20-24-18-6-1-2-7-19(18)26(20)21;/h1-2,6-7,14H,3-5,8-11H2;1H. The first kappa shape index (κ1) is 17.6. The van der Waals surface area contributed by atoms with E-state index in [9.17, 15) is 10.5 Å². The van der Waals surface area contributed by atoms with Crippen molar-refractivity contribution >= 4 is 34.9 Å². The summed E-state index contributed by atoms with van der Waals surface area (Å²) in [7, 11) is 0. The molecule has 1 aliphatic carbocycles. The molecule has 5 nitrogen and oxygen atoms in total. The Labute approximate surface area is 164 Å². The molecule has 2 aromatic heterocycles. The van der Waals surface area contributed by atoms with Crippen LogP contribution in [0.1, 0.15) is 36.0 Å². The van der Waals surface area contributed by atoms with E-state index in [2.05, 4.69) is 27.5 Å². The van der Waals surface area contributed by atoms with Crippen molar-refractivity contribution in [1.82, 2.24) is 9.38 Å². The number of benzene rings is 1. The summed E-state index contributed by atoms with van der Waals surface area (Å²) in [6.45, 7) is 1.77. The van der Waals surface area contributed by atoms with Crippen LogP contribution in [-0.4, -0.2) is 22.5 Å². The van der Waals surface area contributed by atoms with Gasteiger partial charge in [-0.2, -0.15) is 10.5 Å². The fraction of sp³-hybridized carbons (Fsp3) is 0.381. The van der Waals surface area contributed by atoms with Gasteiger partial charge in [-0.3, -0.25) is 4.40 Å². The number of para-hydroxylation sites is 2. The van der Waals surface area contributed by atoms with Crippen molar-refractivity contribution in [2.24, 2.45) is 5.92 Å². The molecule has 0 saturated carbocycles. The first-order valence-electron chi connectivity index (χ1n) is 9.31. The number of piperidine rings is 1. The third-order valence-electron chi connectivity index (χ3n) is 5.87. The molecule has 1 aromatic carbocycles. The van der Waals surface area contributed by atoms with Gasteiger partial charge in [0.2, 0.25) is 0 Å². The number of nitriles is 2. The quantitative estimate of drug-likeness (QED) is 0.642. The fourth-order valence-corrected chi connectivity index (χ4v) is 4.61. The van der Waals surface area contributed by atoms with Crippen molar-refractivity contribution in [2.75, 3.05) is 18.0 Å². The molecule has 0 spiro atoms. The highest BCUT2D eigenvalue weighted by Gasteiger charge is 2.30. The Hall–Kier alpha value is -2.76. The van der Waals surface area contributed by atoms with E-state index in [1.54, 1.807) is 0 Å². The van der Waals surface area contributed by atoms with Crippen LogP contribution in [-0.2, 0) is 12.8 Å². The second-order valence-corrected chi connectivity index (χ2v) is 7.27. The summed E-state index contributed by atoms with van der Waals surface area (Å²) in [5.74, 6) is 1.37. The van der Waals surface area contributed by atoms with Gasteiger partial charge in [0.1, 0.15) is 11.9 Å². The van der Waals surface area contributed by atoms with Gasteiger partial charge in [-0.25, -0.2) is 4.98 Å². The second kappa shape index (κ2) is 6.76. The Morgan fingerprint density at radius 1 is 1.04 bits per heavy atom. The van der Waals surface area contributed by atoms with Crippen LogP contribution in [0.3, 0.4) is 0 Å². The number of pyridine rings is 1. The van der Waals surface area contributed by atoms with Gasteiger partial charge in [-0.1, -0.05) is 12.1 Å². The van der Waals surface area contributed by atoms with Crippen molar-refractivity contribution in [3.63, 3.8) is 0 Å². The Kier molecular flexibility index (Phi) is 4.42. The molecule has 0 atom stereocenters. The summed E-state index contributed by atoms with van der Waals surface area (Å²) in [6.07, 6.45) is 4.87. The molecule has 27 heavy (non-hydrogen) atoms. The van der Waals surface area contributed by atoms with Gasteiger partial charge in [0.05, 0.1) is 22.7 Å². The average molecular weight is 378 g/mol. The normalized spacial score (nSPS) is 16.7. The molecule has 6 heteroatoms. The van der Waals surface area contributed by atoms with Gasteiger partial charge in [-0.05, 0) is 55.4 Å². The first-order chi connectivity index (χ1) is 12.8. The molecule has 136 valence electrons. The summed E-state index contributed by atoms with van der Waals surface area (Å²) in [5, 5.41) is 19.1. The Morgan fingerprint density at radius 2 is 1.78 bits per heavy atom. The monoisotopic (exact) mass is 377 g/mol. The van der Waals surface area contributed by atoms with Crippen molar-refractivity contribution < 1.29 is 0 Å². The minimum atomic E-state index is 0. The van der Waals surface area contributed by atoms with Crippen LogP contribution < -0.4 is 4.90 Å². The van der Waals surface area contributed by atoms with Crippen LogP contribution in [0.2, 0.25) is 0 Å². The third kappa shape index (κ3) is 2.54. The highest BCUT2D eigenvalue weighted by Crippen LogP contribution is 2.39. The Bertz CT molecular complexity index is 1110. The zero-order chi connectivity index (χ0) is 17.7. The molecule has 1 aliphatic heterocycles. The molecule has 0 N–H and O–H groups in total. The number of aromatic nitrogens is 2. The summed E-state index contributed by atoms with van der Waals surface area (Å²) in [6, 6.07) is 13.0. The van der Waals surface area contributed by atoms with E-state index in [1.165, 1.54) is 16.9 Å². The lowest BCUT2D eigenvalue weighted by atomic mass is 9.97. The van der Waals surface area contributed by atoms with Crippen LogP contribution in [0.25, 0.3) is 16.7 Å². The highest BCUT2D eigenvalue weighted by molar-refractivity contribution is 5.86. The maximum Gasteiger partial charge on any atom is 0.157 e. The predicted molar refractivity (Wildman–Crippen MR) is 107 cm³/mol. The molecule has 0 radical (unpaired) electrons. The van der Waals surface area contributed by atoms with E-state index in [4.69, 9.17) is 4.98 Å². The summed E-state index contributed by atoms with van der Waals surface area (Å²) in [5.41, 5.74) is 6.02. The second-order valence-electron chi connectivity index (χ2n) is 7.27. The van der Waals surface area contributed by atoms with E-state index in [-0.39, 0.29) is 18.3 Å². The number of nitrogens with zero attached hydrogens (tertiary/aromatic N) is 5. The van der Waals surface area contributed by atoms with E-state index in [0.29, 0.717) is 0 Å². The van der Waals surface area contributed by atoms with Gasteiger partial charge in [-0.15, -0.1) is 12.4 Å². The average Bonchev–Trinajstić information content (AvgIpc) is 3.31. The van der Waals surface area contributed by atoms with E-state index < -0.39 is 0 Å². The molecule has 5 rings (SSSR count). The lowest BCUT2D eigenvalue weighted by molar-refractivity contribution is 0.483. The molecule has 3 aromatic rings. The largest absolute Gasteiger partial charge is 0.357 e. The minimum Gasteiger partial charge on any atom is -0.357 e. The molecular weight excluding hydrogens is 358 g/mol. The maximum atomic E-state index is 9.84. The number of fused-ring (bicyclic) bond motifs is 4. The Balaban J connectivity index is 0.00000180. The zero-order valence-corrected chi connectivity index (χ0v) is 15.8. The minimum absolute atomic E-state index is 0. The molecule has 0 bridgehead atoms. The molecule has 2 aliphatic rings. The SMILES string of the molecule is Cl.N#Cc1c2c(c(N3CCC(C#N)CC3)n3c1nc1ccccc13)CCC2. The molecule has 1 saturated heterocycles. The first-order valence-corrected chi connectivity index (χ1v) is 9.31. The van der Waals surface area contributed by atoms with Crippen molar-refractivity contribution in [1.29, 1.82) is 10.5 Å². The predicted octanol–water partition coefficient (Wildman–Crippen LogP) is 4.01. The molecule has 0 amide bonds. The van der Waals surface area contributed by atoms with E-state index >= 15 is 0 Å². The number of hydrogen-bond acceptors (Lipinski definition) is 4. The van der Waals surface area contributed by atoms with Gasteiger partial charge < -0.3 is 4.90 Å². The lowest BCUT2D eigenvalue weighted by Crippen LogP contribution is -2.35. The maximum absolute atomic E-state index is 9.84. The third-order valence-corrected chi connectivity index (χ3v) is 5.87. The summed E-state index contributed by atoms with van der Waals surface area (Å²) in [4.78, 5) is 7.23. The van der Waals surface area contributed by atoms with Crippen LogP contribution in [0.4, 0.5) is 5.82 Å². The van der Waals surface area contributed by atoms with E-state index in [0.717, 1.165) is 67.4 Å². The molecule has 3 heterocycles. The smallest absolute Gasteiger partial charge is 0.157 e. The van der Waals surface area contributed by atoms with Crippen molar-refractivity contribution in [2.45, 2.75) is 32.1 Å². The van der Waals surface area contributed by atoms with E-state index in [1.807, 2.05) is 18.2 Å². The van der Waals surface area contributed by atoms with Gasteiger partial charge in [0.25, 0.3) is 0 Å². The highest BCUT2D eigenvalue weighted by atomic mass is 35.5. The summed E-state index contributed by atoms with van der Waals surface area (Å²) >= 11 is 0. The van der Waals surface area contributed by atoms with Crippen LogP contribution >= 0.6 is 12.4 Å². The summed E-state index contributed by atoms with van der Waals surface area (Å²) < 4.78 is 2.20. The van der Waals surface area contributed by atoms with Crippen LogP contribution in [0.5, 0.6) is 0 Å². The van der Waals surface area contributed by atoms with Gasteiger partial charge in [0.15, 0.2) is 5.65 Å². The van der Waals surface area contributed by atoms with Crippen LogP contribution in [0, 0.1) is 28.6 Å². The lowest BCUT2D eigenvalue weighted by Gasteiger charge is -2.33.